The Morgan fingerprint density at radius 2 is 1.38 bits per heavy atom. The predicted molar refractivity (Wildman–Crippen MR) is 116 cm³/mol. The SMILES string of the molecule is CCCCCC#CC(O)[Si](c1ccccc1)(c1ccccc1)C(C)(C)C. The standard InChI is InChI=1S/C24H32OSi/c1-5-6-7-8-15-20-23(25)26(24(2,3)4,21-16-11-9-12-17-21)22-18-13-10-14-19-22/h9-14,16-19,23,25H,5-8H2,1-4H3. The predicted octanol–water partition coefficient (Wildman–Crippen LogP) is 4.53. The fraction of sp³-hybridized carbons (Fsp3) is 0.417. The Hall–Kier alpha value is -1.82. The first kappa shape index (κ1) is 20.5. The van der Waals surface area contributed by atoms with Crippen LogP contribution >= 0.6 is 0 Å². The summed E-state index contributed by atoms with van der Waals surface area (Å²) in [6.45, 7) is 8.95. The van der Waals surface area contributed by atoms with Gasteiger partial charge in [0.05, 0.1) is 0 Å². The number of aliphatic hydroxyl groups is 1. The summed E-state index contributed by atoms with van der Waals surface area (Å²) in [6, 6.07) is 21.1. The van der Waals surface area contributed by atoms with Gasteiger partial charge in [-0.2, -0.15) is 0 Å². The van der Waals surface area contributed by atoms with Gasteiger partial charge in [-0.1, -0.05) is 107 Å². The summed E-state index contributed by atoms with van der Waals surface area (Å²) in [6.07, 6.45) is 4.36. The van der Waals surface area contributed by atoms with Gasteiger partial charge in [-0.25, -0.2) is 0 Å². The van der Waals surface area contributed by atoms with Crippen molar-refractivity contribution in [3.05, 3.63) is 60.7 Å². The fourth-order valence-corrected chi connectivity index (χ4v) is 9.17. The lowest BCUT2D eigenvalue weighted by Gasteiger charge is -2.45. The summed E-state index contributed by atoms with van der Waals surface area (Å²) < 4.78 is 0. The van der Waals surface area contributed by atoms with Crippen LogP contribution in [0, 0.1) is 11.8 Å². The zero-order valence-electron chi connectivity index (χ0n) is 16.6. The van der Waals surface area contributed by atoms with Crippen LogP contribution in [0.3, 0.4) is 0 Å². The van der Waals surface area contributed by atoms with Crippen LogP contribution in [0.25, 0.3) is 0 Å². The third kappa shape index (κ3) is 4.28. The van der Waals surface area contributed by atoms with Gasteiger partial charge in [0.1, 0.15) is 5.73 Å². The van der Waals surface area contributed by atoms with Crippen molar-refractivity contribution < 1.29 is 5.11 Å². The van der Waals surface area contributed by atoms with Gasteiger partial charge < -0.3 is 5.11 Å². The molecule has 0 saturated heterocycles. The summed E-state index contributed by atoms with van der Waals surface area (Å²) in [5, 5.41) is 13.9. The van der Waals surface area contributed by atoms with Crippen molar-refractivity contribution in [2.75, 3.05) is 0 Å². The molecule has 0 spiro atoms. The Bertz CT molecular complexity index is 680. The van der Waals surface area contributed by atoms with E-state index >= 15 is 0 Å². The lowest BCUT2D eigenvalue weighted by molar-refractivity contribution is 0.296. The van der Waals surface area contributed by atoms with E-state index in [4.69, 9.17) is 0 Å². The van der Waals surface area contributed by atoms with Gasteiger partial charge in [0.2, 0.25) is 0 Å². The Kier molecular flexibility index (Phi) is 7.26. The Labute approximate surface area is 160 Å². The zero-order chi connectivity index (χ0) is 19.0. The summed E-state index contributed by atoms with van der Waals surface area (Å²) >= 11 is 0. The normalized spacial score (nSPS) is 13.0. The minimum absolute atomic E-state index is 0.0762. The lowest BCUT2D eigenvalue weighted by atomic mass is 10.2. The minimum Gasteiger partial charge on any atom is -0.383 e. The lowest BCUT2D eigenvalue weighted by Crippen LogP contribution is -2.71. The largest absolute Gasteiger partial charge is 0.383 e. The molecule has 1 nitrogen and oxygen atoms in total. The van der Waals surface area contributed by atoms with Crippen molar-refractivity contribution in [3.8, 4) is 11.8 Å². The third-order valence-corrected chi connectivity index (χ3v) is 11.0. The molecule has 0 aromatic heterocycles. The number of hydrogen-bond donors (Lipinski definition) is 1. The third-order valence-electron chi connectivity index (χ3n) is 5.20. The van der Waals surface area contributed by atoms with Crippen molar-refractivity contribution in [1.82, 2.24) is 0 Å². The molecule has 2 aromatic carbocycles. The van der Waals surface area contributed by atoms with Crippen molar-refractivity contribution >= 4 is 18.4 Å². The zero-order valence-corrected chi connectivity index (χ0v) is 17.6. The summed E-state index contributed by atoms with van der Waals surface area (Å²) in [7, 11) is -2.54. The molecule has 0 heterocycles. The first-order valence-electron chi connectivity index (χ1n) is 9.72. The van der Waals surface area contributed by atoms with E-state index < -0.39 is 13.8 Å². The van der Waals surface area contributed by atoms with E-state index in [1.165, 1.54) is 23.2 Å². The van der Waals surface area contributed by atoms with Crippen LogP contribution in [0.2, 0.25) is 5.04 Å². The molecule has 0 amide bonds. The molecule has 1 unspecified atom stereocenters. The van der Waals surface area contributed by atoms with Crippen LogP contribution in [0.5, 0.6) is 0 Å². The van der Waals surface area contributed by atoms with E-state index in [9.17, 15) is 5.11 Å². The molecule has 1 N–H and O–H groups in total. The van der Waals surface area contributed by atoms with Crippen LogP contribution in [0.4, 0.5) is 0 Å². The molecule has 138 valence electrons. The molecule has 0 aliphatic heterocycles. The quantitative estimate of drug-likeness (QED) is 0.453. The van der Waals surface area contributed by atoms with Crippen molar-refractivity contribution in [1.29, 1.82) is 0 Å². The fourth-order valence-electron chi connectivity index (χ4n) is 3.90. The van der Waals surface area contributed by atoms with E-state index in [1.807, 2.05) is 12.1 Å². The van der Waals surface area contributed by atoms with Gasteiger partial charge in [0, 0.05) is 6.42 Å². The molecule has 0 radical (unpaired) electrons. The molecule has 2 rings (SSSR count). The molecule has 0 fully saturated rings. The minimum atomic E-state index is -2.54. The van der Waals surface area contributed by atoms with Crippen LogP contribution in [-0.2, 0) is 0 Å². The molecule has 1 atom stereocenters. The van der Waals surface area contributed by atoms with Gasteiger partial charge in [0.15, 0.2) is 8.07 Å². The van der Waals surface area contributed by atoms with Crippen LogP contribution in [0.15, 0.2) is 60.7 Å². The highest BCUT2D eigenvalue weighted by Gasteiger charge is 2.52. The molecule has 26 heavy (non-hydrogen) atoms. The molecule has 0 aliphatic rings. The maximum Gasteiger partial charge on any atom is 0.169 e. The van der Waals surface area contributed by atoms with Gasteiger partial charge in [-0.15, -0.1) is 5.92 Å². The maximum atomic E-state index is 11.4. The number of benzene rings is 2. The Morgan fingerprint density at radius 3 is 1.81 bits per heavy atom. The second kappa shape index (κ2) is 9.21. The van der Waals surface area contributed by atoms with E-state index in [0.717, 1.165) is 12.8 Å². The molecule has 0 bridgehead atoms. The second-order valence-electron chi connectivity index (χ2n) is 7.97. The highest BCUT2D eigenvalue weighted by molar-refractivity contribution is 7.05. The highest BCUT2D eigenvalue weighted by atomic mass is 28.3. The molecule has 2 aromatic rings. The summed E-state index contributed by atoms with van der Waals surface area (Å²) in [4.78, 5) is 0. The summed E-state index contributed by atoms with van der Waals surface area (Å²) in [5.74, 6) is 6.52. The van der Waals surface area contributed by atoms with Crippen LogP contribution in [-0.4, -0.2) is 18.9 Å². The molecular weight excluding hydrogens is 332 g/mol. The Balaban J connectivity index is 2.57. The molecular formula is C24H32OSi. The van der Waals surface area contributed by atoms with Crippen molar-refractivity contribution in [2.45, 2.75) is 64.1 Å². The van der Waals surface area contributed by atoms with Crippen molar-refractivity contribution in [2.24, 2.45) is 0 Å². The average molecular weight is 365 g/mol. The maximum absolute atomic E-state index is 11.4. The van der Waals surface area contributed by atoms with Crippen LogP contribution in [0.1, 0.15) is 53.4 Å². The first-order chi connectivity index (χ1) is 12.4. The number of rotatable bonds is 6. The number of hydrogen-bond acceptors (Lipinski definition) is 1. The van der Waals surface area contributed by atoms with Gasteiger partial charge in [-0.05, 0) is 21.8 Å². The highest BCUT2D eigenvalue weighted by Crippen LogP contribution is 2.38. The second-order valence-corrected chi connectivity index (χ2v) is 12.8. The molecule has 0 saturated carbocycles. The summed E-state index contributed by atoms with van der Waals surface area (Å²) in [5.41, 5.74) is -0.631. The van der Waals surface area contributed by atoms with Gasteiger partial charge in [-0.3, -0.25) is 0 Å². The average Bonchev–Trinajstić information content (AvgIpc) is 2.63. The molecule has 2 heteroatoms. The number of aliphatic hydroxyl groups excluding tert-OH is 1. The number of unbranched alkanes of at least 4 members (excludes halogenated alkanes) is 3. The first-order valence-corrected chi connectivity index (χ1v) is 11.8. The topological polar surface area (TPSA) is 20.2 Å². The van der Waals surface area contributed by atoms with Crippen molar-refractivity contribution in [3.63, 3.8) is 0 Å². The van der Waals surface area contributed by atoms with Gasteiger partial charge >= 0.3 is 0 Å². The van der Waals surface area contributed by atoms with E-state index in [2.05, 4.69) is 88.1 Å². The van der Waals surface area contributed by atoms with E-state index in [0.29, 0.717) is 0 Å². The smallest absolute Gasteiger partial charge is 0.169 e. The Morgan fingerprint density at radius 1 is 0.885 bits per heavy atom. The van der Waals surface area contributed by atoms with Gasteiger partial charge in [0.25, 0.3) is 0 Å². The van der Waals surface area contributed by atoms with E-state index in [-0.39, 0.29) is 5.04 Å². The van der Waals surface area contributed by atoms with Crippen LogP contribution < -0.4 is 10.4 Å². The van der Waals surface area contributed by atoms with E-state index in [1.54, 1.807) is 0 Å². The molecule has 0 aliphatic carbocycles. The monoisotopic (exact) mass is 364 g/mol.